The summed E-state index contributed by atoms with van der Waals surface area (Å²) in [5.74, 6) is -0.0597. The molecule has 0 radical (unpaired) electrons. The Morgan fingerprint density at radius 1 is 1.30 bits per heavy atom. The lowest BCUT2D eigenvalue weighted by molar-refractivity contribution is -0.131. The van der Waals surface area contributed by atoms with Gasteiger partial charge in [-0.05, 0) is 38.6 Å². The fourth-order valence-corrected chi connectivity index (χ4v) is 2.08. The van der Waals surface area contributed by atoms with Crippen molar-refractivity contribution in [3.63, 3.8) is 0 Å². The van der Waals surface area contributed by atoms with Gasteiger partial charge in [0.05, 0.1) is 13.7 Å². The van der Waals surface area contributed by atoms with Gasteiger partial charge in [-0.2, -0.15) is 0 Å². The number of hydrogen-bond donors (Lipinski definition) is 0. The second kappa shape index (κ2) is 7.85. The molecule has 0 saturated carbocycles. The van der Waals surface area contributed by atoms with Gasteiger partial charge in [-0.25, -0.2) is 4.39 Å². The van der Waals surface area contributed by atoms with E-state index in [0.29, 0.717) is 26.2 Å². The van der Waals surface area contributed by atoms with Gasteiger partial charge in [0.1, 0.15) is 0 Å². The van der Waals surface area contributed by atoms with Gasteiger partial charge in [0, 0.05) is 19.6 Å². The molecule has 1 aromatic rings. The van der Waals surface area contributed by atoms with E-state index in [1.54, 1.807) is 17.0 Å². The quantitative estimate of drug-likeness (QED) is 0.768. The number of rotatable bonds is 7. The van der Waals surface area contributed by atoms with E-state index in [2.05, 4.69) is 0 Å². The Bertz CT molecular complexity index is 447. The molecule has 112 valence electrons. The van der Waals surface area contributed by atoms with E-state index < -0.39 is 0 Å². The Morgan fingerprint density at radius 2 is 1.95 bits per heavy atom. The molecule has 1 rings (SSSR count). The predicted octanol–water partition coefficient (Wildman–Crippen LogP) is 2.13. The van der Waals surface area contributed by atoms with Crippen LogP contribution in [0.15, 0.2) is 18.2 Å². The first-order valence-electron chi connectivity index (χ1n) is 6.80. The topological polar surface area (TPSA) is 32.8 Å². The Morgan fingerprint density at radius 3 is 2.45 bits per heavy atom. The molecule has 0 fully saturated rings. The van der Waals surface area contributed by atoms with Crippen LogP contribution in [0.3, 0.4) is 0 Å². The number of nitrogens with zero attached hydrogens (tertiary/aromatic N) is 2. The number of halogens is 1. The lowest BCUT2D eigenvalue weighted by atomic mass is 10.2. The van der Waals surface area contributed by atoms with Crippen LogP contribution in [0.5, 0.6) is 5.75 Å². The van der Waals surface area contributed by atoms with Crippen LogP contribution in [-0.4, -0.2) is 49.5 Å². The van der Waals surface area contributed by atoms with Crippen molar-refractivity contribution >= 4 is 5.91 Å². The molecule has 1 amide bonds. The maximum Gasteiger partial charge on any atom is 0.236 e. The summed E-state index contributed by atoms with van der Waals surface area (Å²) in [5.41, 5.74) is 0.818. The van der Waals surface area contributed by atoms with Gasteiger partial charge in [-0.3, -0.25) is 9.69 Å². The highest BCUT2D eigenvalue weighted by atomic mass is 19.1. The standard InChI is InChI=1S/C15H23FN2O2/c1-5-18(6-2)15(19)11-17(3)10-12-7-8-14(20-4)13(16)9-12/h7-9H,5-6,10-11H2,1-4H3. The van der Waals surface area contributed by atoms with E-state index in [-0.39, 0.29) is 17.5 Å². The summed E-state index contributed by atoms with van der Waals surface area (Å²) >= 11 is 0. The van der Waals surface area contributed by atoms with Crippen LogP contribution in [0.2, 0.25) is 0 Å². The minimum absolute atomic E-state index is 0.0893. The van der Waals surface area contributed by atoms with E-state index in [4.69, 9.17) is 4.74 Å². The fourth-order valence-electron chi connectivity index (χ4n) is 2.08. The molecule has 0 heterocycles. The number of carbonyl (C=O) groups is 1. The molecule has 5 heteroatoms. The van der Waals surface area contributed by atoms with E-state index >= 15 is 0 Å². The summed E-state index contributed by atoms with van der Waals surface area (Å²) in [6, 6.07) is 4.85. The number of ether oxygens (including phenoxy) is 1. The fraction of sp³-hybridized carbons (Fsp3) is 0.533. The summed E-state index contributed by atoms with van der Waals surface area (Å²) < 4.78 is 18.5. The lowest BCUT2D eigenvalue weighted by Gasteiger charge is -2.23. The number of benzene rings is 1. The highest BCUT2D eigenvalue weighted by Crippen LogP contribution is 2.18. The van der Waals surface area contributed by atoms with Crippen LogP contribution in [-0.2, 0) is 11.3 Å². The zero-order chi connectivity index (χ0) is 15.1. The molecule has 0 spiro atoms. The Balaban J connectivity index is 2.60. The van der Waals surface area contributed by atoms with E-state index in [1.165, 1.54) is 13.2 Å². The summed E-state index contributed by atoms with van der Waals surface area (Å²) in [7, 11) is 3.29. The molecule has 0 saturated heterocycles. The van der Waals surface area contributed by atoms with Crippen molar-refractivity contribution in [1.82, 2.24) is 9.80 Å². The van der Waals surface area contributed by atoms with Gasteiger partial charge >= 0.3 is 0 Å². The van der Waals surface area contributed by atoms with Gasteiger partial charge in [0.2, 0.25) is 5.91 Å². The van der Waals surface area contributed by atoms with Crippen molar-refractivity contribution in [2.24, 2.45) is 0 Å². The van der Waals surface area contributed by atoms with Crippen molar-refractivity contribution in [2.45, 2.75) is 20.4 Å². The third-order valence-corrected chi connectivity index (χ3v) is 3.19. The Hall–Kier alpha value is -1.62. The molecule has 1 aromatic carbocycles. The van der Waals surface area contributed by atoms with E-state index in [9.17, 15) is 9.18 Å². The highest BCUT2D eigenvalue weighted by Gasteiger charge is 2.13. The molecule has 0 unspecified atom stereocenters. The zero-order valence-electron chi connectivity index (χ0n) is 12.6. The van der Waals surface area contributed by atoms with E-state index in [0.717, 1.165) is 5.56 Å². The molecule has 0 aliphatic carbocycles. The Labute approximate surface area is 120 Å². The van der Waals surface area contributed by atoms with Crippen molar-refractivity contribution < 1.29 is 13.9 Å². The normalized spacial score (nSPS) is 10.7. The smallest absolute Gasteiger partial charge is 0.236 e. The average Bonchev–Trinajstić information content (AvgIpc) is 2.40. The minimum atomic E-state index is -0.381. The highest BCUT2D eigenvalue weighted by molar-refractivity contribution is 5.78. The SMILES string of the molecule is CCN(CC)C(=O)CN(C)Cc1ccc(OC)c(F)c1. The Kier molecular flexibility index (Phi) is 6.45. The van der Waals surface area contributed by atoms with E-state index in [1.807, 2.05) is 25.8 Å². The van der Waals surface area contributed by atoms with Crippen molar-refractivity contribution in [1.29, 1.82) is 0 Å². The van der Waals surface area contributed by atoms with Crippen LogP contribution in [0, 0.1) is 5.82 Å². The zero-order valence-corrected chi connectivity index (χ0v) is 12.6. The largest absolute Gasteiger partial charge is 0.494 e. The van der Waals surface area contributed by atoms with Crippen molar-refractivity contribution in [2.75, 3.05) is 33.8 Å². The minimum Gasteiger partial charge on any atom is -0.494 e. The lowest BCUT2D eigenvalue weighted by Crippen LogP contribution is -2.38. The maximum absolute atomic E-state index is 13.6. The van der Waals surface area contributed by atoms with Crippen LogP contribution in [0.25, 0.3) is 0 Å². The third kappa shape index (κ3) is 4.49. The number of carbonyl (C=O) groups excluding carboxylic acids is 1. The van der Waals surface area contributed by atoms with Gasteiger partial charge in [0.15, 0.2) is 11.6 Å². The molecular weight excluding hydrogens is 259 g/mol. The molecule has 0 bridgehead atoms. The first-order valence-corrected chi connectivity index (χ1v) is 6.80. The third-order valence-electron chi connectivity index (χ3n) is 3.19. The molecule has 0 atom stereocenters. The van der Waals surface area contributed by atoms with Crippen molar-refractivity contribution in [3.05, 3.63) is 29.6 Å². The van der Waals surface area contributed by atoms with Crippen LogP contribution in [0.4, 0.5) is 4.39 Å². The van der Waals surface area contributed by atoms with Crippen LogP contribution < -0.4 is 4.74 Å². The first-order chi connectivity index (χ1) is 9.51. The van der Waals surface area contributed by atoms with Gasteiger partial charge in [-0.15, -0.1) is 0 Å². The molecule has 0 aliphatic heterocycles. The molecular formula is C15H23FN2O2. The first kappa shape index (κ1) is 16.4. The molecule has 4 nitrogen and oxygen atoms in total. The number of methoxy groups -OCH3 is 1. The number of amides is 1. The second-order valence-electron chi connectivity index (χ2n) is 4.71. The molecule has 0 N–H and O–H groups in total. The van der Waals surface area contributed by atoms with Gasteiger partial charge in [0.25, 0.3) is 0 Å². The molecule has 20 heavy (non-hydrogen) atoms. The summed E-state index contributed by atoms with van der Waals surface area (Å²) in [6.07, 6.45) is 0. The summed E-state index contributed by atoms with van der Waals surface area (Å²) in [6.45, 7) is 6.18. The van der Waals surface area contributed by atoms with Crippen LogP contribution >= 0.6 is 0 Å². The maximum atomic E-state index is 13.6. The average molecular weight is 282 g/mol. The van der Waals surface area contributed by atoms with Crippen molar-refractivity contribution in [3.8, 4) is 5.75 Å². The van der Waals surface area contributed by atoms with Gasteiger partial charge < -0.3 is 9.64 Å². The summed E-state index contributed by atoms with van der Waals surface area (Å²) in [5, 5.41) is 0. The monoisotopic (exact) mass is 282 g/mol. The molecule has 0 aromatic heterocycles. The summed E-state index contributed by atoms with van der Waals surface area (Å²) in [4.78, 5) is 15.6. The second-order valence-corrected chi connectivity index (χ2v) is 4.71. The van der Waals surface area contributed by atoms with Crippen LogP contribution in [0.1, 0.15) is 19.4 Å². The molecule has 0 aliphatic rings. The number of hydrogen-bond acceptors (Lipinski definition) is 3. The van der Waals surface area contributed by atoms with Gasteiger partial charge in [-0.1, -0.05) is 6.07 Å². The predicted molar refractivity (Wildman–Crippen MR) is 77.2 cm³/mol. The number of likely N-dealkylation sites (N-methyl/N-ethyl adjacent to an activating group) is 2.